The van der Waals surface area contributed by atoms with Crippen LogP contribution in [0, 0.1) is 11.7 Å². The summed E-state index contributed by atoms with van der Waals surface area (Å²) >= 11 is 0. The van der Waals surface area contributed by atoms with Gasteiger partial charge >= 0.3 is 0 Å². The Morgan fingerprint density at radius 2 is 2.06 bits per heavy atom. The van der Waals surface area contributed by atoms with Gasteiger partial charge in [-0.2, -0.15) is 0 Å². The summed E-state index contributed by atoms with van der Waals surface area (Å²) in [5.74, 6) is 0.508. The predicted molar refractivity (Wildman–Crippen MR) is 65.9 cm³/mol. The fraction of sp³-hybridized carbons (Fsp3) is 0.538. The second-order valence-electron chi connectivity index (χ2n) is 4.57. The number of nitrogen functional groups attached to an aromatic ring is 1. The second kappa shape index (κ2) is 5.19. The number of hydrogen-bond donors (Lipinski definition) is 2. The van der Waals surface area contributed by atoms with E-state index in [1.165, 1.54) is 31.7 Å². The molecule has 1 aromatic carbocycles. The molecule has 1 aliphatic rings. The molecule has 0 amide bonds. The van der Waals surface area contributed by atoms with Gasteiger partial charge in [0.25, 0.3) is 0 Å². The minimum absolute atomic E-state index is 0.230. The highest BCUT2D eigenvalue weighted by atomic mass is 19.1. The first-order valence-corrected chi connectivity index (χ1v) is 6.05. The molecule has 0 aromatic heterocycles. The van der Waals surface area contributed by atoms with Crippen molar-refractivity contribution in [3.63, 3.8) is 0 Å². The lowest BCUT2D eigenvalue weighted by molar-refractivity contribution is 0.518. The topological polar surface area (TPSA) is 38.0 Å². The number of anilines is 2. The van der Waals surface area contributed by atoms with Crippen LogP contribution in [0.15, 0.2) is 18.2 Å². The van der Waals surface area contributed by atoms with E-state index in [-0.39, 0.29) is 11.5 Å². The highest BCUT2D eigenvalue weighted by molar-refractivity contribution is 5.66. The number of rotatable bonds is 4. The molecule has 0 aliphatic heterocycles. The van der Waals surface area contributed by atoms with Crippen LogP contribution in [-0.2, 0) is 0 Å². The van der Waals surface area contributed by atoms with Crippen molar-refractivity contribution in [2.24, 2.45) is 5.92 Å². The van der Waals surface area contributed by atoms with Gasteiger partial charge in [0, 0.05) is 6.54 Å². The molecule has 88 valence electrons. The number of halogens is 1. The lowest BCUT2D eigenvalue weighted by Gasteiger charge is -2.12. The number of para-hydroxylation sites is 1. The smallest absolute Gasteiger partial charge is 0.148 e. The van der Waals surface area contributed by atoms with Crippen LogP contribution in [0.4, 0.5) is 15.8 Å². The molecule has 0 unspecified atom stereocenters. The van der Waals surface area contributed by atoms with Crippen LogP contribution >= 0.6 is 0 Å². The quantitative estimate of drug-likeness (QED) is 0.766. The van der Waals surface area contributed by atoms with Gasteiger partial charge in [-0.15, -0.1) is 0 Å². The molecule has 1 aromatic rings. The minimum atomic E-state index is -0.342. The van der Waals surface area contributed by atoms with Gasteiger partial charge < -0.3 is 11.1 Å². The molecule has 2 rings (SSSR count). The first-order valence-electron chi connectivity index (χ1n) is 6.05. The Labute approximate surface area is 96.0 Å². The summed E-state index contributed by atoms with van der Waals surface area (Å²) in [5.41, 5.74) is 6.59. The van der Waals surface area contributed by atoms with E-state index in [0.29, 0.717) is 0 Å². The van der Waals surface area contributed by atoms with E-state index in [1.54, 1.807) is 6.07 Å². The Bertz CT molecular complexity index is 346. The summed E-state index contributed by atoms with van der Waals surface area (Å²) in [4.78, 5) is 0. The fourth-order valence-electron chi connectivity index (χ4n) is 2.40. The third-order valence-electron chi connectivity index (χ3n) is 3.40. The van der Waals surface area contributed by atoms with Crippen LogP contribution in [0.5, 0.6) is 0 Å². The lowest BCUT2D eigenvalue weighted by atomic mass is 10.0. The van der Waals surface area contributed by atoms with Crippen molar-refractivity contribution in [3.8, 4) is 0 Å². The summed E-state index contributed by atoms with van der Waals surface area (Å²) in [7, 11) is 0. The number of nitrogens with two attached hydrogens (primary N) is 1. The van der Waals surface area contributed by atoms with E-state index in [1.807, 2.05) is 6.07 Å². The van der Waals surface area contributed by atoms with Crippen molar-refractivity contribution in [3.05, 3.63) is 24.0 Å². The van der Waals surface area contributed by atoms with Gasteiger partial charge in [-0.1, -0.05) is 31.7 Å². The van der Waals surface area contributed by atoms with Crippen molar-refractivity contribution >= 4 is 11.4 Å². The first-order chi connectivity index (χ1) is 7.77. The van der Waals surface area contributed by atoms with Crippen LogP contribution < -0.4 is 11.1 Å². The average Bonchev–Trinajstić information content (AvgIpc) is 2.77. The van der Waals surface area contributed by atoms with Gasteiger partial charge in [0.15, 0.2) is 0 Å². The maximum atomic E-state index is 13.1. The Hall–Kier alpha value is -1.25. The molecular formula is C13H19FN2. The van der Waals surface area contributed by atoms with E-state index in [2.05, 4.69) is 5.32 Å². The summed E-state index contributed by atoms with van der Waals surface area (Å²) in [5, 5.41) is 3.22. The Morgan fingerprint density at radius 3 is 2.81 bits per heavy atom. The summed E-state index contributed by atoms with van der Waals surface area (Å²) in [6.07, 6.45) is 6.59. The average molecular weight is 222 g/mol. The highest BCUT2D eigenvalue weighted by Crippen LogP contribution is 2.28. The Kier molecular flexibility index (Phi) is 3.65. The molecular weight excluding hydrogens is 203 g/mol. The van der Waals surface area contributed by atoms with Crippen LogP contribution in [-0.4, -0.2) is 6.54 Å². The van der Waals surface area contributed by atoms with Gasteiger partial charge in [-0.3, -0.25) is 0 Å². The largest absolute Gasteiger partial charge is 0.395 e. The molecule has 0 radical (unpaired) electrons. The van der Waals surface area contributed by atoms with Crippen LogP contribution in [0.1, 0.15) is 32.1 Å². The maximum absolute atomic E-state index is 13.1. The molecule has 0 spiro atoms. The van der Waals surface area contributed by atoms with E-state index < -0.39 is 0 Å². The second-order valence-corrected chi connectivity index (χ2v) is 4.57. The van der Waals surface area contributed by atoms with E-state index >= 15 is 0 Å². The molecule has 16 heavy (non-hydrogen) atoms. The third-order valence-corrected chi connectivity index (χ3v) is 3.40. The van der Waals surface area contributed by atoms with Crippen molar-refractivity contribution < 1.29 is 4.39 Å². The summed E-state index contributed by atoms with van der Waals surface area (Å²) in [6.45, 7) is 0.887. The normalized spacial score (nSPS) is 16.6. The maximum Gasteiger partial charge on any atom is 0.148 e. The fourth-order valence-corrected chi connectivity index (χ4v) is 2.40. The monoisotopic (exact) mass is 222 g/mol. The summed E-state index contributed by atoms with van der Waals surface area (Å²) < 4.78 is 13.1. The molecule has 0 atom stereocenters. The Morgan fingerprint density at radius 1 is 1.31 bits per heavy atom. The molecule has 2 nitrogen and oxygen atoms in total. The molecule has 3 N–H and O–H groups in total. The van der Waals surface area contributed by atoms with Gasteiger partial charge in [-0.25, -0.2) is 4.39 Å². The molecule has 1 saturated carbocycles. The van der Waals surface area contributed by atoms with Crippen molar-refractivity contribution in [1.29, 1.82) is 0 Å². The number of benzene rings is 1. The molecule has 0 saturated heterocycles. The molecule has 0 heterocycles. The van der Waals surface area contributed by atoms with Gasteiger partial charge in [-0.05, 0) is 24.5 Å². The van der Waals surface area contributed by atoms with E-state index in [0.717, 1.165) is 24.6 Å². The number of hydrogen-bond acceptors (Lipinski definition) is 2. The van der Waals surface area contributed by atoms with Crippen LogP contribution in [0.2, 0.25) is 0 Å². The Balaban J connectivity index is 1.82. The lowest BCUT2D eigenvalue weighted by Crippen LogP contribution is -2.08. The SMILES string of the molecule is Nc1c(F)cccc1NCCC1CCCC1. The third kappa shape index (κ3) is 2.65. The predicted octanol–water partition coefficient (Wildman–Crippen LogP) is 3.40. The highest BCUT2D eigenvalue weighted by Gasteiger charge is 2.14. The minimum Gasteiger partial charge on any atom is -0.395 e. The zero-order chi connectivity index (χ0) is 11.4. The van der Waals surface area contributed by atoms with E-state index in [4.69, 9.17) is 5.73 Å². The first kappa shape index (κ1) is 11.2. The zero-order valence-corrected chi connectivity index (χ0v) is 9.51. The van der Waals surface area contributed by atoms with Crippen molar-refractivity contribution in [2.75, 3.05) is 17.6 Å². The van der Waals surface area contributed by atoms with E-state index in [9.17, 15) is 4.39 Å². The van der Waals surface area contributed by atoms with Crippen molar-refractivity contribution in [2.45, 2.75) is 32.1 Å². The molecule has 3 heteroatoms. The standard InChI is InChI=1S/C13H19FN2/c14-11-6-3-7-12(13(11)15)16-9-8-10-4-1-2-5-10/h3,6-7,10,16H,1-2,4-5,8-9,15H2. The van der Waals surface area contributed by atoms with Gasteiger partial charge in [0.1, 0.15) is 5.82 Å². The van der Waals surface area contributed by atoms with Gasteiger partial charge in [0.2, 0.25) is 0 Å². The number of nitrogens with one attached hydrogen (secondary N) is 1. The van der Waals surface area contributed by atoms with Crippen LogP contribution in [0.25, 0.3) is 0 Å². The van der Waals surface area contributed by atoms with Crippen LogP contribution in [0.3, 0.4) is 0 Å². The summed E-state index contributed by atoms with van der Waals surface area (Å²) in [6, 6.07) is 4.90. The molecule has 0 bridgehead atoms. The molecule has 1 fully saturated rings. The molecule has 1 aliphatic carbocycles. The zero-order valence-electron chi connectivity index (χ0n) is 9.51. The van der Waals surface area contributed by atoms with Gasteiger partial charge in [0.05, 0.1) is 11.4 Å². The van der Waals surface area contributed by atoms with Crippen molar-refractivity contribution in [1.82, 2.24) is 0 Å².